The van der Waals surface area contributed by atoms with Gasteiger partial charge in [-0.2, -0.15) is 5.26 Å². The zero-order chi connectivity index (χ0) is 18.8. The minimum atomic E-state index is -0.737. The summed E-state index contributed by atoms with van der Waals surface area (Å²) < 4.78 is 0. The van der Waals surface area contributed by atoms with Gasteiger partial charge in [0.1, 0.15) is 16.6 Å². The van der Waals surface area contributed by atoms with Crippen LogP contribution in [0.4, 0.5) is 22.1 Å². The Morgan fingerprint density at radius 2 is 1.69 bits per heavy atom. The molecular formula is C16H12N4O5S. The number of hydrogen-bond donors (Lipinski definition) is 1. The van der Waals surface area contributed by atoms with Crippen LogP contribution in [0.25, 0.3) is 0 Å². The molecule has 1 aromatic carbocycles. The van der Waals surface area contributed by atoms with E-state index >= 15 is 0 Å². The monoisotopic (exact) mass is 372 g/mol. The molecule has 0 bridgehead atoms. The van der Waals surface area contributed by atoms with Gasteiger partial charge >= 0.3 is 0 Å². The summed E-state index contributed by atoms with van der Waals surface area (Å²) >= 11 is 1.24. The molecule has 1 aliphatic rings. The van der Waals surface area contributed by atoms with Crippen molar-refractivity contribution < 1.29 is 9.85 Å². The van der Waals surface area contributed by atoms with E-state index in [-0.39, 0.29) is 21.7 Å². The summed E-state index contributed by atoms with van der Waals surface area (Å²) in [6.45, 7) is 0. The first-order valence-corrected chi connectivity index (χ1v) is 8.52. The van der Waals surface area contributed by atoms with Crippen molar-refractivity contribution in [2.75, 3.05) is 5.32 Å². The smallest absolute Gasteiger partial charge is 0.278 e. The number of nitriles is 1. The van der Waals surface area contributed by atoms with Crippen LogP contribution in [0, 0.1) is 31.6 Å². The van der Waals surface area contributed by atoms with Gasteiger partial charge in [0.05, 0.1) is 21.6 Å². The van der Waals surface area contributed by atoms with Crippen LogP contribution < -0.4 is 10.7 Å². The summed E-state index contributed by atoms with van der Waals surface area (Å²) in [5.74, 6) is 0. The molecule has 10 heteroatoms. The molecule has 1 aliphatic carbocycles. The Hall–Kier alpha value is -3.32. The van der Waals surface area contributed by atoms with Crippen molar-refractivity contribution in [3.63, 3.8) is 0 Å². The van der Waals surface area contributed by atoms with Crippen LogP contribution in [0.2, 0.25) is 0 Å². The van der Waals surface area contributed by atoms with Gasteiger partial charge in [-0.3, -0.25) is 25.0 Å². The van der Waals surface area contributed by atoms with E-state index in [4.69, 9.17) is 0 Å². The second-order valence-corrected chi connectivity index (χ2v) is 6.84. The van der Waals surface area contributed by atoms with Crippen LogP contribution in [0.15, 0.2) is 23.0 Å². The predicted molar refractivity (Wildman–Crippen MR) is 95.0 cm³/mol. The van der Waals surface area contributed by atoms with E-state index in [0.29, 0.717) is 12.0 Å². The van der Waals surface area contributed by atoms with Gasteiger partial charge in [0.15, 0.2) is 0 Å². The number of nitrogens with zero attached hydrogens (tertiary/aromatic N) is 3. The van der Waals surface area contributed by atoms with Crippen molar-refractivity contribution in [2.24, 2.45) is 0 Å². The lowest BCUT2D eigenvalue weighted by Gasteiger charge is -2.16. The third-order valence-electron chi connectivity index (χ3n) is 4.06. The third kappa shape index (κ3) is 3.25. The highest BCUT2D eigenvalue weighted by atomic mass is 32.1. The lowest BCUT2D eigenvalue weighted by Crippen LogP contribution is -2.19. The molecule has 3 rings (SSSR count). The number of nitrogens with one attached hydrogen (secondary N) is 1. The highest BCUT2D eigenvalue weighted by Crippen LogP contribution is 2.33. The maximum Gasteiger partial charge on any atom is 0.278 e. The van der Waals surface area contributed by atoms with Crippen LogP contribution in [0.3, 0.4) is 0 Å². The molecule has 26 heavy (non-hydrogen) atoms. The van der Waals surface area contributed by atoms with Crippen LogP contribution >= 0.6 is 11.3 Å². The van der Waals surface area contributed by atoms with Gasteiger partial charge in [0.2, 0.25) is 5.43 Å². The fourth-order valence-corrected chi connectivity index (χ4v) is 4.08. The molecule has 1 heterocycles. The van der Waals surface area contributed by atoms with E-state index in [1.54, 1.807) is 0 Å². The quantitative estimate of drug-likeness (QED) is 0.640. The Kier molecular flexibility index (Phi) is 4.64. The van der Waals surface area contributed by atoms with E-state index in [0.717, 1.165) is 42.3 Å². The molecule has 0 fully saturated rings. The van der Waals surface area contributed by atoms with Crippen molar-refractivity contribution in [3.05, 3.63) is 64.7 Å². The summed E-state index contributed by atoms with van der Waals surface area (Å²) in [6.07, 6.45) is 3.19. The second kappa shape index (κ2) is 6.89. The maximum atomic E-state index is 12.5. The van der Waals surface area contributed by atoms with Gasteiger partial charge < -0.3 is 5.32 Å². The molecule has 0 atom stereocenters. The van der Waals surface area contributed by atoms with Crippen LogP contribution in [-0.2, 0) is 12.8 Å². The fraction of sp³-hybridized carbons (Fsp3) is 0.250. The highest BCUT2D eigenvalue weighted by molar-refractivity contribution is 7.16. The zero-order valence-corrected chi connectivity index (χ0v) is 14.2. The van der Waals surface area contributed by atoms with Gasteiger partial charge in [-0.25, -0.2) is 0 Å². The Morgan fingerprint density at radius 1 is 1.08 bits per heavy atom. The number of nitro benzene ring substituents is 2. The molecule has 132 valence electrons. The van der Waals surface area contributed by atoms with E-state index in [1.165, 1.54) is 11.3 Å². The lowest BCUT2D eigenvalue weighted by atomic mass is 9.97. The number of anilines is 2. The number of non-ortho nitro benzene ring substituents is 2. The zero-order valence-electron chi connectivity index (χ0n) is 13.4. The van der Waals surface area contributed by atoms with Crippen LogP contribution in [0.1, 0.15) is 28.8 Å². The maximum absolute atomic E-state index is 12.5. The topological polar surface area (TPSA) is 139 Å². The first-order chi connectivity index (χ1) is 12.4. The first kappa shape index (κ1) is 17.5. The summed E-state index contributed by atoms with van der Waals surface area (Å²) in [5.41, 5.74) is -0.605. The Balaban J connectivity index is 2.11. The van der Waals surface area contributed by atoms with Gasteiger partial charge in [-0.1, -0.05) is 0 Å². The Morgan fingerprint density at radius 3 is 2.27 bits per heavy atom. The summed E-state index contributed by atoms with van der Waals surface area (Å²) in [6, 6.07) is 4.99. The average molecular weight is 372 g/mol. The number of nitro groups is 2. The molecular weight excluding hydrogens is 360 g/mol. The van der Waals surface area contributed by atoms with Crippen LogP contribution in [0.5, 0.6) is 0 Å². The Bertz CT molecular complexity index is 992. The minimum absolute atomic E-state index is 0.0776. The van der Waals surface area contributed by atoms with Crippen molar-refractivity contribution >= 4 is 33.4 Å². The van der Waals surface area contributed by atoms with Gasteiger partial charge in [0, 0.05) is 22.6 Å². The van der Waals surface area contributed by atoms with Crippen molar-refractivity contribution in [3.8, 4) is 6.07 Å². The fourth-order valence-electron chi connectivity index (χ4n) is 2.86. The summed E-state index contributed by atoms with van der Waals surface area (Å²) in [4.78, 5) is 33.9. The highest BCUT2D eigenvalue weighted by Gasteiger charge is 2.22. The largest absolute Gasteiger partial charge is 0.346 e. The first-order valence-electron chi connectivity index (χ1n) is 7.70. The van der Waals surface area contributed by atoms with Crippen LogP contribution in [-0.4, -0.2) is 9.85 Å². The second-order valence-electron chi connectivity index (χ2n) is 5.73. The predicted octanol–water partition coefficient (Wildman–Crippen LogP) is 3.42. The standard InChI is InChI=1S/C16H12N4O5S/c17-8-13-15(21)12-3-1-2-4-14(12)26-16(13)18-9-5-10(19(22)23)7-11(6-9)20(24)25/h5-7,18H,1-4H2. The molecule has 9 nitrogen and oxygen atoms in total. The van der Waals surface area contributed by atoms with Crippen molar-refractivity contribution in [1.82, 2.24) is 0 Å². The van der Waals surface area contributed by atoms with Gasteiger partial charge in [-0.05, 0) is 25.7 Å². The van der Waals surface area contributed by atoms with E-state index in [9.17, 15) is 30.3 Å². The molecule has 0 radical (unpaired) electrons. The summed E-state index contributed by atoms with van der Waals surface area (Å²) in [7, 11) is 0. The molecule has 1 N–H and O–H groups in total. The van der Waals surface area contributed by atoms with Crippen molar-refractivity contribution in [2.45, 2.75) is 25.7 Å². The molecule has 0 unspecified atom stereocenters. The van der Waals surface area contributed by atoms with E-state index in [1.807, 2.05) is 6.07 Å². The molecule has 1 aromatic heterocycles. The lowest BCUT2D eigenvalue weighted by molar-refractivity contribution is -0.394. The number of benzene rings is 1. The number of fused-ring (bicyclic) bond motifs is 1. The average Bonchev–Trinajstić information content (AvgIpc) is 2.61. The third-order valence-corrected chi connectivity index (χ3v) is 5.27. The summed E-state index contributed by atoms with van der Waals surface area (Å²) in [5, 5.41) is 34.4. The Labute approximate surface area is 150 Å². The molecule has 0 saturated heterocycles. The SMILES string of the molecule is N#Cc1c(Nc2cc([N+](=O)[O-])cc([N+](=O)[O-])c2)sc2c(c1=O)CCCC2. The number of rotatable bonds is 4. The normalized spacial score (nSPS) is 12.7. The van der Waals surface area contributed by atoms with E-state index in [2.05, 4.69) is 5.32 Å². The van der Waals surface area contributed by atoms with Gasteiger partial charge in [-0.15, -0.1) is 11.3 Å². The molecule has 0 spiro atoms. The number of hydrogen-bond acceptors (Lipinski definition) is 8. The minimum Gasteiger partial charge on any atom is -0.346 e. The van der Waals surface area contributed by atoms with Gasteiger partial charge in [0.25, 0.3) is 11.4 Å². The molecule has 0 saturated carbocycles. The molecule has 0 amide bonds. The molecule has 0 aliphatic heterocycles. The molecule has 2 aromatic rings. The van der Waals surface area contributed by atoms with E-state index < -0.39 is 21.2 Å². The van der Waals surface area contributed by atoms with Crippen molar-refractivity contribution in [1.29, 1.82) is 5.26 Å². The number of aryl methyl sites for hydroxylation is 1.